The molecule has 0 saturated heterocycles. The van der Waals surface area contributed by atoms with Crippen molar-refractivity contribution in [1.29, 1.82) is 0 Å². The number of hydrogen-bond donors (Lipinski definition) is 0. The molecule has 0 aliphatic heterocycles. The van der Waals surface area contributed by atoms with Gasteiger partial charge in [0.15, 0.2) is 0 Å². The van der Waals surface area contributed by atoms with E-state index in [-0.39, 0.29) is 17.6 Å². The van der Waals surface area contributed by atoms with Crippen LogP contribution in [0.15, 0.2) is 92.0 Å². The van der Waals surface area contributed by atoms with E-state index in [4.69, 9.17) is 44.8 Å². The van der Waals surface area contributed by atoms with Gasteiger partial charge in [-0.1, -0.05) is 24.8 Å². The lowest BCUT2D eigenvalue weighted by molar-refractivity contribution is -0.138. The Labute approximate surface area is 292 Å². The molecule has 0 spiro atoms. The van der Waals surface area contributed by atoms with Gasteiger partial charge in [0.05, 0.1) is 37.0 Å². The number of carbonyl (C=O) groups is 3. The van der Waals surface area contributed by atoms with E-state index in [0.717, 1.165) is 69.3 Å². The fourth-order valence-corrected chi connectivity index (χ4v) is 4.49. The van der Waals surface area contributed by atoms with Crippen molar-refractivity contribution in [2.75, 3.05) is 33.2 Å². The van der Waals surface area contributed by atoms with Gasteiger partial charge in [0.25, 0.3) is 0 Å². The van der Waals surface area contributed by atoms with Crippen molar-refractivity contribution >= 4 is 29.5 Å². The van der Waals surface area contributed by atoms with Crippen LogP contribution in [0.3, 0.4) is 0 Å². The zero-order chi connectivity index (χ0) is 35.1. The van der Waals surface area contributed by atoms with Gasteiger partial charge in [0.1, 0.15) is 28.7 Å². The van der Waals surface area contributed by atoms with Crippen molar-refractivity contribution in [2.24, 2.45) is 0 Å². The fourth-order valence-electron chi connectivity index (χ4n) is 4.27. The molecule has 0 amide bonds. The third-order valence-electron chi connectivity index (χ3n) is 6.90. The number of ether oxygens (including phenoxy) is 7. The Balaban J connectivity index is 1.29. The minimum Gasteiger partial charge on any atom is -0.494 e. The first kappa shape index (κ1) is 38.5. The van der Waals surface area contributed by atoms with Crippen LogP contribution in [0, 0.1) is 0 Å². The maximum absolute atomic E-state index is 12.7. The molecule has 0 bridgehead atoms. The molecule has 0 radical (unpaired) electrons. The minimum absolute atomic E-state index is 0.0805. The van der Waals surface area contributed by atoms with Gasteiger partial charge in [-0.05, 0) is 112 Å². The number of carbonyl (C=O) groups excluding carboxylic acids is 3. The SMILES string of the molecule is C=CC(=O)OCCCCCCOc1ccc(OCOc2ccc(OC(=O)c3ccc(OCCCCCCOC(=O)C=C)cc3)cc2Cl)cc1. The van der Waals surface area contributed by atoms with Crippen molar-refractivity contribution in [2.45, 2.75) is 51.4 Å². The normalized spacial score (nSPS) is 10.4. The van der Waals surface area contributed by atoms with E-state index in [2.05, 4.69) is 13.2 Å². The van der Waals surface area contributed by atoms with Gasteiger partial charge in [-0.2, -0.15) is 0 Å². The summed E-state index contributed by atoms with van der Waals surface area (Å²) in [6.07, 6.45) is 9.48. The van der Waals surface area contributed by atoms with E-state index < -0.39 is 17.9 Å². The van der Waals surface area contributed by atoms with Crippen molar-refractivity contribution < 1.29 is 47.5 Å². The molecule has 0 N–H and O–H groups in total. The van der Waals surface area contributed by atoms with Crippen LogP contribution >= 0.6 is 11.6 Å². The lowest BCUT2D eigenvalue weighted by atomic mass is 10.2. The first-order valence-electron chi connectivity index (χ1n) is 16.2. The molecule has 3 aromatic rings. The molecule has 11 heteroatoms. The highest BCUT2D eigenvalue weighted by Gasteiger charge is 2.12. The van der Waals surface area contributed by atoms with Gasteiger partial charge in [-0.15, -0.1) is 0 Å². The van der Waals surface area contributed by atoms with Gasteiger partial charge in [0.2, 0.25) is 6.79 Å². The second-order valence-electron chi connectivity index (χ2n) is 10.7. The highest BCUT2D eigenvalue weighted by atomic mass is 35.5. The van der Waals surface area contributed by atoms with E-state index in [1.54, 1.807) is 48.5 Å². The predicted octanol–water partition coefficient (Wildman–Crippen LogP) is 8.31. The molecule has 49 heavy (non-hydrogen) atoms. The molecular formula is C38H43ClO10. The van der Waals surface area contributed by atoms with Gasteiger partial charge >= 0.3 is 17.9 Å². The molecule has 0 saturated carbocycles. The number of halogens is 1. The summed E-state index contributed by atoms with van der Waals surface area (Å²) in [6.45, 7) is 8.57. The summed E-state index contributed by atoms with van der Waals surface area (Å²) >= 11 is 6.36. The summed E-state index contributed by atoms with van der Waals surface area (Å²) < 4.78 is 38.2. The molecule has 0 aliphatic rings. The van der Waals surface area contributed by atoms with Crippen molar-refractivity contribution in [3.63, 3.8) is 0 Å². The van der Waals surface area contributed by atoms with Gasteiger partial charge < -0.3 is 33.2 Å². The Morgan fingerprint density at radius 1 is 0.551 bits per heavy atom. The maximum atomic E-state index is 12.7. The Morgan fingerprint density at radius 2 is 1.00 bits per heavy atom. The van der Waals surface area contributed by atoms with E-state index in [1.165, 1.54) is 6.07 Å². The zero-order valence-corrected chi connectivity index (χ0v) is 28.3. The molecular weight excluding hydrogens is 652 g/mol. The van der Waals surface area contributed by atoms with Crippen molar-refractivity contribution in [1.82, 2.24) is 0 Å². The van der Waals surface area contributed by atoms with Crippen LogP contribution in [0.1, 0.15) is 61.7 Å². The van der Waals surface area contributed by atoms with E-state index in [0.29, 0.717) is 49.2 Å². The Bertz CT molecular complexity index is 1470. The monoisotopic (exact) mass is 694 g/mol. The molecule has 10 nitrogen and oxygen atoms in total. The molecule has 262 valence electrons. The molecule has 0 unspecified atom stereocenters. The van der Waals surface area contributed by atoms with Crippen molar-refractivity contribution in [3.05, 3.63) is 103 Å². The second kappa shape index (κ2) is 22.6. The summed E-state index contributed by atoms with van der Waals surface area (Å²) in [6, 6.07) is 18.6. The predicted molar refractivity (Wildman–Crippen MR) is 186 cm³/mol. The standard InChI is InChI=1S/C38H43ClO10/c1-3-36(40)45-25-11-7-5-9-23-43-30-15-13-29(14-16-30)38(42)49-33-21-22-35(34(39)27-33)48-28-47-32-19-17-31(18-20-32)44-24-10-6-8-12-26-46-37(41)4-2/h3-4,13-22,27H,1-2,5-12,23-26,28H2. The largest absolute Gasteiger partial charge is 0.494 e. The average Bonchev–Trinajstić information content (AvgIpc) is 3.12. The van der Waals surface area contributed by atoms with Gasteiger partial charge in [-0.25, -0.2) is 14.4 Å². The Morgan fingerprint density at radius 3 is 1.49 bits per heavy atom. The molecule has 0 aromatic heterocycles. The first-order valence-corrected chi connectivity index (χ1v) is 16.6. The summed E-state index contributed by atoms with van der Waals surface area (Å²) in [5, 5.41) is 0.261. The third kappa shape index (κ3) is 15.7. The summed E-state index contributed by atoms with van der Waals surface area (Å²) in [5.74, 6) is 1.29. The molecule has 3 rings (SSSR count). The van der Waals surface area contributed by atoms with Gasteiger partial charge in [0, 0.05) is 18.2 Å². The van der Waals surface area contributed by atoms with E-state index >= 15 is 0 Å². The third-order valence-corrected chi connectivity index (χ3v) is 7.20. The van der Waals surface area contributed by atoms with Crippen LogP contribution in [0.25, 0.3) is 0 Å². The number of benzene rings is 3. The fraction of sp³-hybridized carbons (Fsp3) is 0.342. The topological polar surface area (TPSA) is 116 Å². The van der Waals surface area contributed by atoms with Crippen LogP contribution < -0.4 is 23.7 Å². The van der Waals surface area contributed by atoms with Gasteiger partial charge in [-0.3, -0.25) is 0 Å². The van der Waals surface area contributed by atoms with E-state index in [9.17, 15) is 14.4 Å². The highest BCUT2D eigenvalue weighted by molar-refractivity contribution is 6.32. The molecule has 0 aliphatic carbocycles. The van der Waals surface area contributed by atoms with Crippen LogP contribution in [0.2, 0.25) is 5.02 Å². The van der Waals surface area contributed by atoms with Crippen molar-refractivity contribution in [3.8, 4) is 28.7 Å². The first-order chi connectivity index (χ1) is 23.9. The van der Waals surface area contributed by atoms with Crippen LogP contribution in [-0.4, -0.2) is 51.1 Å². The number of unbranched alkanes of at least 4 members (excludes halogenated alkanes) is 6. The lowest BCUT2D eigenvalue weighted by Crippen LogP contribution is -2.09. The van der Waals surface area contributed by atoms with Crippen LogP contribution in [0.5, 0.6) is 28.7 Å². The molecule has 0 atom stereocenters. The highest BCUT2D eigenvalue weighted by Crippen LogP contribution is 2.30. The Hall–Kier alpha value is -4.96. The number of rotatable bonds is 24. The summed E-state index contributed by atoms with van der Waals surface area (Å²) in [5.41, 5.74) is 0.364. The maximum Gasteiger partial charge on any atom is 0.343 e. The van der Waals surface area contributed by atoms with Crippen LogP contribution in [0.4, 0.5) is 0 Å². The quantitative estimate of drug-likeness (QED) is 0.0298. The number of hydrogen-bond acceptors (Lipinski definition) is 10. The zero-order valence-electron chi connectivity index (χ0n) is 27.6. The smallest absolute Gasteiger partial charge is 0.343 e. The summed E-state index contributed by atoms with van der Waals surface area (Å²) in [4.78, 5) is 34.7. The second-order valence-corrected chi connectivity index (χ2v) is 11.1. The molecule has 3 aromatic carbocycles. The van der Waals surface area contributed by atoms with E-state index in [1.807, 2.05) is 12.1 Å². The summed E-state index contributed by atoms with van der Waals surface area (Å²) in [7, 11) is 0. The van der Waals surface area contributed by atoms with Crippen LogP contribution in [-0.2, 0) is 19.1 Å². The average molecular weight is 695 g/mol. The molecule has 0 heterocycles. The Kier molecular flexibility index (Phi) is 17.7. The molecule has 0 fully saturated rings. The number of esters is 3. The lowest BCUT2D eigenvalue weighted by Gasteiger charge is -2.12. The minimum atomic E-state index is -0.534.